The third-order valence-corrected chi connectivity index (χ3v) is 3.42. The summed E-state index contributed by atoms with van der Waals surface area (Å²) in [6.07, 6.45) is 1.24. The topological polar surface area (TPSA) is 60.2 Å². The molecule has 3 nitrogen and oxygen atoms in total. The standard InChI is InChI=1S/C11H17NO2S/c1-9-5-3-4-6-11(9)10(7-12)8-15(2,13)14/h3-6,10H,7-8,12H2,1-2H3. The Balaban J connectivity index is 2.98. The lowest BCUT2D eigenvalue weighted by Crippen LogP contribution is -2.21. The van der Waals surface area contributed by atoms with Crippen LogP contribution in [0.2, 0.25) is 0 Å². The number of hydrogen-bond acceptors (Lipinski definition) is 3. The summed E-state index contributed by atoms with van der Waals surface area (Å²) in [6.45, 7) is 2.33. The summed E-state index contributed by atoms with van der Waals surface area (Å²) >= 11 is 0. The van der Waals surface area contributed by atoms with Crippen molar-refractivity contribution < 1.29 is 8.42 Å². The van der Waals surface area contributed by atoms with Crippen molar-refractivity contribution in [3.63, 3.8) is 0 Å². The maximum absolute atomic E-state index is 11.2. The summed E-state index contributed by atoms with van der Waals surface area (Å²) < 4.78 is 22.5. The first-order chi connectivity index (χ1) is 6.94. The summed E-state index contributed by atoms with van der Waals surface area (Å²) in [6, 6.07) is 7.76. The van der Waals surface area contributed by atoms with E-state index in [2.05, 4.69) is 0 Å². The fourth-order valence-corrected chi connectivity index (χ4v) is 2.74. The Kier molecular flexibility index (Phi) is 3.88. The number of rotatable bonds is 4. The average molecular weight is 227 g/mol. The summed E-state index contributed by atoms with van der Waals surface area (Å²) in [4.78, 5) is 0. The minimum Gasteiger partial charge on any atom is -0.330 e. The van der Waals surface area contributed by atoms with Crippen LogP contribution in [0.4, 0.5) is 0 Å². The van der Waals surface area contributed by atoms with Gasteiger partial charge in [-0.25, -0.2) is 8.42 Å². The lowest BCUT2D eigenvalue weighted by atomic mass is 9.97. The fraction of sp³-hybridized carbons (Fsp3) is 0.455. The van der Waals surface area contributed by atoms with Crippen molar-refractivity contribution in [3.05, 3.63) is 35.4 Å². The van der Waals surface area contributed by atoms with Crippen LogP contribution < -0.4 is 5.73 Å². The van der Waals surface area contributed by atoms with Gasteiger partial charge in [0.1, 0.15) is 9.84 Å². The normalized spacial score (nSPS) is 13.8. The molecule has 1 unspecified atom stereocenters. The third-order valence-electron chi connectivity index (χ3n) is 2.42. The zero-order chi connectivity index (χ0) is 11.5. The van der Waals surface area contributed by atoms with E-state index in [1.807, 2.05) is 31.2 Å². The lowest BCUT2D eigenvalue weighted by Gasteiger charge is -2.16. The Hall–Kier alpha value is -0.870. The Morgan fingerprint density at radius 1 is 1.33 bits per heavy atom. The third kappa shape index (κ3) is 3.64. The molecule has 0 aliphatic rings. The highest BCUT2D eigenvalue weighted by Crippen LogP contribution is 2.20. The largest absolute Gasteiger partial charge is 0.330 e. The lowest BCUT2D eigenvalue weighted by molar-refractivity contribution is 0.593. The molecule has 0 spiro atoms. The van der Waals surface area contributed by atoms with Gasteiger partial charge in [-0.1, -0.05) is 24.3 Å². The Labute approximate surface area is 91.2 Å². The van der Waals surface area contributed by atoms with E-state index in [0.29, 0.717) is 6.54 Å². The van der Waals surface area contributed by atoms with Crippen LogP contribution in [0.15, 0.2) is 24.3 Å². The molecule has 1 atom stereocenters. The van der Waals surface area contributed by atoms with E-state index in [1.165, 1.54) is 6.26 Å². The molecule has 0 radical (unpaired) electrons. The van der Waals surface area contributed by atoms with E-state index < -0.39 is 9.84 Å². The summed E-state index contributed by atoms with van der Waals surface area (Å²) in [5.41, 5.74) is 7.74. The molecule has 4 heteroatoms. The van der Waals surface area contributed by atoms with Gasteiger partial charge in [0.2, 0.25) is 0 Å². The van der Waals surface area contributed by atoms with Crippen molar-refractivity contribution >= 4 is 9.84 Å². The van der Waals surface area contributed by atoms with Gasteiger partial charge in [-0.05, 0) is 18.1 Å². The van der Waals surface area contributed by atoms with Gasteiger partial charge < -0.3 is 5.73 Å². The van der Waals surface area contributed by atoms with E-state index in [0.717, 1.165) is 11.1 Å². The smallest absolute Gasteiger partial charge is 0.148 e. The van der Waals surface area contributed by atoms with E-state index in [9.17, 15) is 8.42 Å². The van der Waals surface area contributed by atoms with Gasteiger partial charge in [-0.2, -0.15) is 0 Å². The van der Waals surface area contributed by atoms with Gasteiger partial charge in [0.15, 0.2) is 0 Å². The molecule has 0 aliphatic heterocycles. The van der Waals surface area contributed by atoms with Crippen molar-refractivity contribution in [1.82, 2.24) is 0 Å². The molecular weight excluding hydrogens is 210 g/mol. The molecule has 0 saturated heterocycles. The molecule has 1 aromatic rings. The molecule has 0 bridgehead atoms. The molecule has 0 fully saturated rings. The molecule has 1 rings (SSSR count). The SMILES string of the molecule is Cc1ccccc1C(CN)CS(C)(=O)=O. The van der Waals surface area contributed by atoms with Crippen LogP contribution in [-0.4, -0.2) is 27.0 Å². The second-order valence-electron chi connectivity index (χ2n) is 3.88. The quantitative estimate of drug-likeness (QED) is 0.837. The first kappa shape index (κ1) is 12.2. The Morgan fingerprint density at radius 3 is 2.40 bits per heavy atom. The molecule has 0 aromatic heterocycles. The molecule has 0 amide bonds. The van der Waals surface area contributed by atoms with Crippen molar-refractivity contribution in [2.45, 2.75) is 12.8 Å². The van der Waals surface area contributed by atoms with Crippen molar-refractivity contribution in [1.29, 1.82) is 0 Å². The molecule has 1 aromatic carbocycles. The Bertz CT molecular complexity index is 426. The van der Waals surface area contributed by atoms with Gasteiger partial charge in [0, 0.05) is 18.7 Å². The first-order valence-electron chi connectivity index (χ1n) is 4.87. The number of aryl methyl sites for hydroxylation is 1. The maximum atomic E-state index is 11.2. The zero-order valence-corrected chi connectivity index (χ0v) is 9.92. The zero-order valence-electron chi connectivity index (χ0n) is 9.10. The fourth-order valence-electron chi connectivity index (χ4n) is 1.70. The number of sulfone groups is 1. The molecule has 15 heavy (non-hydrogen) atoms. The maximum Gasteiger partial charge on any atom is 0.148 e. The van der Waals surface area contributed by atoms with Crippen molar-refractivity contribution in [2.75, 3.05) is 18.6 Å². The van der Waals surface area contributed by atoms with Crippen LogP contribution in [0.1, 0.15) is 17.0 Å². The number of hydrogen-bond donors (Lipinski definition) is 1. The highest BCUT2D eigenvalue weighted by atomic mass is 32.2. The molecule has 0 heterocycles. The molecule has 2 N–H and O–H groups in total. The van der Waals surface area contributed by atoms with Gasteiger partial charge in [0.25, 0.3) is 0 Å². The highest BCUT2D eigenvalue weighted by Gasteiger charge is 2.17. The van der Waals surface area contributed by atoms with E-state index in [4.69, 9.17) is 5.73 Å². The predicted octanol–water partition coefficient (Wildman–Crippen LogP) is 1.08. The minimum absolute atomic E-state index is 0.0961. The van der Waals surface area contributed by atoms with Crippen LogP contribution in [0.5, 0.6) is 0 Å². The van der Waals surface area contributed by atoms with Crippen LogP contribution in [0.3, 0.4) is 0 Å². The van der Waals surface area contributed by atoms with Crippen LogP contribution in [0.25, 0.3) is 0 Å². The number of nitrogens with two attached hydrogens (primary N) is 1. The summed E-state index contributed by atoms with van der Waals surface area (Å²) in [5.74, 6) is 0.0233. The van der Waals surface area contributed by atoms with E-state index in [-0.39, 0.29) is 11.7 Å². The van der Waals surface area contributed by atoms with Crippen molar-refractivity contribution in [2.24, 2.45) is 5.73 Å². The minimum atomic E-state index is -2.98. The summed E-state index contributed by atoms with van der Waals surface area (Å²) in [7, 11) is -2.98. The van der Waals surface area contributed by atoms with Gasteiger partial charge in [-0.15, -0.1) is 0 Å². The summed E-state index contributed by atoms with van der Waals surface area (Å²) in [5, 5.41) is 0. The monoisotopic (exact) mass is 227 g/mol. The first-order valence-corrected chi connectivity index (χ1v) is 6.93. The van der Waals surface area contributed by atoms with Gasteiger partial charge in [-0.3, -0.25) is 0 Å². The highest BCUT2D eigenvalue weighted by molar-refractivity contribution is 7.90. The van der Waals surface area contributed by atoms with E-state index >= 15 is 0 Å². The Morgan fingerprint density at radius 2 is 1.93 bits per heavy atom. The second kappa shape index (κ2) is 4.77. The van der Waals surface area contributed by atoms with E-state index in [1.54, 1.807) is 0 Å². The van der Waals surface area contributed by atoms with Crippen molar-refractivity contribution in [3.8, 4) is 0 Å². The van der Waals surface area contributed by atoms with Gasteiger partial charge in [0.05, 0.1) is 5.75 Å². The van der Waals surface area contributed by atoms with Crippen LogP contribution >= 0.6 is 0 Å². The second-order valence-corrected chi connectivity index (χ2v) is 6.07. The molecule has 84 valence electrons. The molecular formula is C11H17NO2S. The number of benzene rings is 1. The van der Waals surface area contributed by atoms with Crippen LogP contribution in [0, 0.1) is 6.92 Å². The van der Waals surface area contributed by atoms with Gasteiger partial charge >= 0.3 is 0 Å². The molecule has 0 saturated carbocycles. The van der Waals surface area contributed by atoms with Crippen LogP contribution in [-0.2, 0) is 9.84 Å². The molecule has 0 aliphatic carbocycles. The average Bonchev–Trinajstić information content (AvgIpc) is 2.14. The predicted molar refractivity (Wildman–Crippen MR) is 62.7 cm³/mol.